The van der Waals surface area contributed by atoms with E-state index in [1.54, 1.807) is 12.2 Å². The fraction of sp³-hybridized carbons (Fsp3) is 0.417. The first-order chi connectivity index (χ1) is 13.6. The van der Waals surface area contributed by atoms with Crippen molar-refractivity contribution in [2.24, 2.45) is 0 Å². The lowest BCUT2D eigenvalue weighted by Gasteiger charge is -2.36. The van der Waals surface area contributed by atoms with Gasteiger partial charge >= 0.3 is 0 Å². The molecule has 3 aliphatic rings. The summed E-state index contributed by atoms with van der Waals surface area (Å²) < 4.78 is 11.8. The van der Waals surface area contributed by atoms with Gasteiger partial charge in [0.1, 0.15) is 22.7 Å². The average Bonchev–Trinajstić information content (AvgIpc) is 2.72. The highest BCUT2D eigenvalue weighted by molar-refractivity contribution is 5.40. The van der Waals surface area contributed by atoms with Crippen LogP contribution in [0.15, 0.2) is 60.7 Å². The first-order valence-electron chi connectivity index (χ1n) is 10.2. The molecule has 28 heavy (non-hydrogen) atoms. The molecule has 0 aromatic heterocycles. The van der Waals surface area contributed by atoms with Gasteiger partial charge < -0.3 is 19.7 Å². The first-order valence-corrected chi connectivity index (χ1v) is 10.2. The summed E-state index contributed by atoms with van der Waals surface area (Å²) in [5.41, 5.74) is -0.626. The van der Waals surface area contributed by atoms with Crippen molar-refractivity contribution in [1.82, 2.24) is 0 Å². The van der Waals surface area contributed by atoms with Gasteiger partial charge in [-0.25, -0.2) is 0 Å². The zero-order chi connectivity index (χ0) is 19.5. The highest BCUT2D eigenvalue weighted by Gasteiger charge is 2.38. The van der Waals surface area contributed by atoms with Gasteiger partial charge in [0.25, 0.3) is 0 Å². The Hall–Kier alpha value is -2.30. The van der Waals surface area contributed by atoms with E-state index < -0.39 is 11.2 Å². The quantitative estimate of drug-likeness (QED) is 0.663. The van der Waals surface area contributed by atoms with Crippen molar-refractivity contribution >= 4 is 0 Å². The molecule has 0 spiro atoms. The zero-order valence-corrected chi connectivity index (χ0v) is 16.1. The van der Waals surface area contributed by atoms with Crippen molar-refractivity contribution in [2.75, 3.05) is 13.2 Å². The lowest BCUT2D eigenvalue weighted by atomic mass is 9.76. The second-order valence-electron chi connectivity index (χ2n) is 7.85. The summed E-state index contributed by atoms with van der Waals surface area (Å²) in [5.74, 6) is 1.55. The predicted octanol–water partition coefficient (Wildman–Crippen LogP) is 4.44. The average molecular weight is 380 g/mol. The molecular weight excluding hydrogens is 352 g/mol. The van der Waals surface area contributed by atoms with E-state index in [1.165, 1.54) is 0 Å². The molecule has 2 heterocycles. The number of rotatable bonds is 0. The van der Waals surface area contributed by atoms with E-state index >= 15 is 0 Å². The number of ether oxygens (including phenoxy) is 2. The molecule has 2 unspecified atom stereocenters. The molecule has 148 valence electrons. The van der Waals surface area contributed by atoms with Gasteiger partial charge in [-0.2, -0.15) is 0 Å². The molecule has 2 atom stereocenters. The van der Waals surface area contributed by atoms with Gasteiger partial charge in [-0.1, -0.05) is 24.3 Å². The number of aliphatic hydroxyl groups is 2. The van der Waals surface area contributed by atoms with E-state index in [0.717, 1.165) is 48.3 Å². The maximum absolute atomic E-state index is 11.2. The fourth-order valence-electron chi connectivity index (χ4n) is 3.95. The number of hydrogen-bond donors (Lipinski definition) is 2. The summed E-state index contributed by atoms with van der Waals surface area (Å²) in [7, 11) is 0. The van der Waals surface area contributed by atoms with Crippen LogP contribution in [0, 0.1) is 0 Å². The van der Waals surface area contributed by atoms with Crippen LogP contribution in [0.4, 0.5) is 0 Å². The molecule has 0 saturated heterocycles. The Labute approximate surface area is 166 Å². The van der Waals surface area contributed by atoms with Crippen LogP contribution in [0.5, 0.6) is 11.5 Å². The minimum atomic E-state index is -1.11. The molecule has 2 N–H and O–H groups in total. The van der Waals surface area contributed by atoms with Crippen molar-refractivity contribution in [1.29, 1.82) is 0 Å². The van der Waals surface area contributed by atoms with Gasteiger partial charge in [-0.15, -0.1) is 0 Å². The third kappa shape index (κ3) is 4.08. The summed E-state index contributed by atoms with van der Waals surface area (Å²) in [6.45, 7) is 1.33. The summed E-state index contributed by atoms with van der Waals surface area (Å²) in [4.78, 5) is 0. The van der Waals surface area contributed by atoms with E-state index in [1.807, 2.05) is 48.5 Å². The topological polar surface area (TPSA) is 58.9 Å². The van der Waals surface area contributed by atoms with Crippen molar-refractivity contribution < 1.29 is 19.7 Å². The van der Waals surface area contributed by atoms with Crippen LogP contribution in [0.25, 0.3) is 0 Å². The number of fused-ring (bicyclic) bond motifs is 8. The largest absolute Gasteiger partial charge is 0.494 e. The van der Waals surface area contributed by atoms with Crippen LogP contribution in [0.1, 0.15) is 49.7 Å². The molecule has 0 fully saturated rings. The lowest BCUT2D eigenvalue weighted by molar-refractivity contribution is 0.00563. The molecule has 5 rings (SSSR count). The lowest BCUT2D eigenvalue weighted by Crippen LogP contribution is -2.35. The van der Waals surface area contributed by atoms with Crippen molar-refractivity contribution in [3.63, 3.8) is 0 Å². The molecule has 0 saturated carbocycles. The third-order valence-corrected chi connectivity index (χ3v) is 5.77. The van der Waals surface area contributed by atoms with Gasteiger partial charge in [-0.3, -0.25) is 0 Å². The molecule has 2 aliphatic heterocycles. The van der Waals surface area contributed by atoms with Crippen LogP contribution in [0.3, 0.4) is 0 Å². The van der Waals surface area contributed by atoms with Gasteiger partial charge in [0, 0.05) is 0 Å². The maximum Gasteiger partial charge on any atom is 0.119 e. The second-order valence-corrected chi connectivity index (χ2v) is 7.85. The molecule has 4 nitrogen and oxygen atoms in total. The van der Waals surface area contributed by atoms with Gasteiger partial charge in [0.2, 0.25) is 0 Å². The molecule has 2 aromatic carbocycles. The van der Waals surface area contributed by atoms with Crippen molar-refractivity contribution in [3.05, 3.63) is 71.8 Å². The fourth-order valence-corrected chi connectivity index (χ4v) is 3.95. The molecule has 0 radical (unpaired) electrons. The Morgan fingerprint density at radius 2 is 1.11 bits per heavy atom. The van der Waals surface area contributed by atoms with E-state index in [-0.39, 0.29) is 0 Å². The number of hydrogen-bond acceptors (Lipinski definition) is 4. The number of benzene rings is 2. The Balaban J connectivity index is 1.67. The molecule has 4 heteroatoms. The van der Waals surface area contributed by atoms with Crippen LogP contribution in [-0.4, -0.2) is 23.4 Å². The minimum Gasteiger partial charge on any atom is -0.494 e. The Morgan fingerprint density at radius 1 is 0.643 bits per heavy atom. The minimum absolute atomic E-state index is 0.425. The summed E-state index contributed by atoms with van der Waals surface area (Å²) >= 11 is 0. The monoisotopic (exact) mass is 380 g/mol. The third-order valence-electron chi connectivity index (χ3n) is 5.77. The van der Waals surface area contributed by atoms with Crippen LogP contribution in [-0.2, 0) is 11.2 Å². The molecule has 2 aromatic rings. The van der Waals surface area contributed by atoms with Crippen LogP contribution < -0.4 is 9.47 Å². The van der Waals surface area contributed by atoms with Gasteiger partial charge in [-0.05, 0) is 86.1 Å². The van der Waals surface area contributed by atoms with Crippen molar-refractivity contribution in [3.8, 4) is 11.5 Å². The SMILES string of the molecule is OC12C=CC(O)(CC1)c1cccc(c1)OCCCCCCOc1cccc2c1. The Kier molecular flexibility index (Phi) is 5.42. The Bertz CT molecular complexity index is 777. The Morgan fingerprint density at radius 3 is 1.54 bits per heavy atom. The summed E-state index contributed by atoms with van der Waals surface area (Å²) in [6, 6.07) is 15.3. The first kappa shape index (κ1) is 19.0. The van der Waals surface area contributed by atoms with Crippen LogP contribution >= 0.6 is 0 Å². The molecule has 6 bridgehead atoms. The van der Waals surface area contributed by atoms with Crippen LogP contribution in [0.2, 0.25) is 0 Å². The van der Waals surface area contributed by atoms with Gasteiger partial charge in [0.15, 0.2) is 0 Å². The molecule has 0 amide bonds. The second kappa shape index (κ2) is 7.98. The normalized spacial score (nSPS) is 27.9. The van der Waals surface area contributed by atoms with E-state index in [4.69, 9.17) is 9.47 Å². The van der Waals surface area contributed by atoms with E-state index in [0.29, 0.717) is 26.1 Å². The highest BCUT2D eigenvalue weighted by Crippen LogP contribution is 2.42. The molecular formula is C24H28O4. The van der Waals surface area contributed by atoms with Gasteiger partial charge in [0.05, 0.1) is 13.2 Å². The predicted molar refractivity (Wildman–Crippen MR) is 109 cm³/mol. The van der Waals surface area contributed by atoms with E-state index in [9.17, 15) is 10.2 Å². The maximum atomic E-state index is 11.2. The highest BCUT2D eigenvalue weighted by atomic mass is 16.5. The van der Waals surface area contributed by atoms with E-state index in [2.05, 4.69) is 0 Å². The zero-order valence-electron chi connectivity index (χ0n) is 16.1. The van der Waals surface area contributed by atoms with Crippen molar-refractivity contribution in [2.45, 2.75) is 49.7 Å². The summed E-state index contributed by atoms with van der Waals surface area (Å²) in [5, 5.41) is 22.4. The molecule has 1 aliphatic carbocycles. The smallest absolute Gasteiger partial charge is 0.119 e. The standard InChI is InChI=1S/C24H28O4/c25-23-11-13-24(26,14-12-23)20-8-6-10-22(18-20)28-16-4-2-1-3-15-27-21-9-5-7-19(23)17-21/h5-11,13,17-18,25-26H,1-4,12,14-16H2. The summed E-state index contributed by atoms with van der Waals surface area (Å²) in [6.07, 6.45) is 8.46.